The Kier molecular flexibility index (Phi) is 4.71. The number of carbonyl (C=O) groups excluding carboxylic acids is 1. The Balaban J connectivity index is 1.72. The highest BCUT2D eigenvalue weighted by Gasteiger charge is 2.21. The van der Waals surface area contributed by atoms with Crippen LogP contribution in [0.5, 0.6) is 11.5 Å². The molecule has 3 rings (SSSR count). The van der Waals surface area contributed by atoms with Crippen LogP contribution in [0.1, 0.15) is 12.8 Å². The number of amides is 1. The Morgan fingerprint density at radius 1 is 1.09 bits per heavy atom. The summed E-state index contributed by atoms with van der Waals surface area (Å²) < 4.78 is 5.87. The number of nitrogens with one attached hydrogen (secondary N) is 2. The lowest BCUT2D eigenvalue weighted by Gasteiger charge is -2.22. The highest BCUT2D eigenvalue weighted by molar-refractivity contribution is 5.94. The fourth-order valence-electron chi connectivity index (χ4n) is 2.58. The van der Waals surface area contributed by atoms with Gasteiger partial charge in [-0.3, -0.25) is 4.79 Å². The van der Waals surface area contributed by atoms with Crippen molar-refractivity contribution in [2.24, 2.45) is 5.92 Å². The molecule has 4 heteroatoms. The van der Waals surface area contributed by atoms with Crippen molar-refractivity contribution in [1.82, 2.24) is 5.32 Å². The molecule has 0 aromatic heterocycles. The van der Waals surface area contributed by atoms with E-state index in [4.69, 9.17) is 4.74 Å². The summed E-state index contributed by atoms with van der Waals surface area (Å²) in [5.74, 6) is 1.49. The zero-order valence-electron chi connectivity index (χ0n) is 12.4. The maximum atomic E-state index is 12.4. The fourth-order valence-corrected chi connectivity index (χ4v) is 2.58. The largest absolute Gasteiger partial charge is 0.455 e. The Morgan fingerprint density at radius 3 is 2.64 bits per heavy atom. The van der Waals surface area contributed by atoms with Gasteiger partial charge in [-0.15, -0.1) is 0 Å². The minimum Gasteiger partial charge on any atom is -0.455 e. The second-order valence-corrected chi connectivity index (χ2v) is 5.44. The molecule has 2 aromatic rings. The molecular formula is C18H20N2O2. The molecule has 2 aromatic carbocycles. The number of hydrogen-bond donors (Lipinski definition) is 2. The van der Waals surface area contributed by atoms with Crippen molar-refractivity contribution >= 4 is 11.6 Å². The van der Waals surface area contributed by atoms with Gasteiger partial charge in [0.05, 0.1) is 11.6 Å². The predicted octanol–water partition coefficient (Wildman–Crippen LogP) is 3.42. The second kappa shape index (κ2) is 7.09. The number of hydrogen-bond acceptors (Lipinski definition) is 3. The standard InChI is InChI=1S/C18H20N2O2/c21-18(14-7-6-12-19-13-14)20-16-10-4-5-11-17(16)22-15-8-2-1-3-9-15/h1-5,8-11,14,19H,6-7,12-13H2,(H,20,21)/t14-/m1/s1. The first-order chi connectivity index (χ1) is 10.8. The summed E-state index contributed by atoms with van der Waals surface area (Å²) >= 11 is 0. The van der Waals surface area contributed by atoms with Gasteiger partial charge in [-0.05, 0) is 43.7 Å². The summed E-state index contributed by atoms with van der Waals surface area (Å²) in [4.78, 5) is 12.4. The van der Waals surface area contributed by atoms with Crippen molar-refractivity contribution in [1.29, 1.82) is 0 Å². The Hall–Kier alpha value is -2.33. The van der Waals surface area contributed by atoms with E-state index >= 15 is 0 Å². The van der Waals surface area contributed by atoms with Crippen molar-refractivity contribution in [3.8, 4) is 11.5 Å². The van der Waals surface area contributed by atoms with Crippen molar-refractivity contribution in [2.45, 2.75) is 12.8 Å². The summed E-state index contributed by atoms with van der Waals surface area (Å²) in [5, 5.41) is 6.26. The van der Waals surface area contributed by atoms with E-state index in [1.807, 2.05) is 54.6 Å². The Morgan fingerprint density at radius 2 is 1.86 bits per heavy atom. The molecule has 1 aliphatic heterocycles. The predicted molar refractivity (Wildman–Crippen MR) is 87.2 cm³/mol. The molecule has 1 fully saturated rings. The monoisotopic (exact) mass is 296 g/mol. The molecule has 2 N–H and O–H groups in total. The summed E-state index contributed by atoms with van der Waals surface area (Å²) in [6.07, 6.45) is 1.97. The zero-order valence-corrected chi connectivity index (χ0v) is 12.4. The first kappa shape index (κ1) is 14.6. The maximum absolute atomic E-state index is 12.4. The summed E-state index contributed by atoms with van der Waals surface area (Å²) in [6, 6.07) is 17.1. The first-order valence-corrected chi connectivity index (χ1v) is 7.66. The smallest absolute Gasteiger partial charge is 0.228 e. The fraction of sp³-hybridized carbons (Fsp3) is 0.278. The van der Waals surface area contributed by atoms with Gasteiger partial charge in [-0.1, -0.05) is 30.3 Å². The van der Waals surface area contributed by atoms with Crippen molar-refractivity contribution in [2.75, 3.05) is 18.4 Å². The lowest BCUT2D eigenvalue weighted by Crippen LogP contribution is -2.37. The molecule has 0 radical (unpaired) electrons. The van der Waals surface area contributed by atoms with Gasteiger partial charge in [-0.2, -0.15) is 0 Å². The molecule has 0 saturated carbocycles. The molecule has 1 heterocycles. The van der Waals surface area contributed by atoms with Crippen LogP contribution >= 0.6 is 0 Å². The van der Waals surface area contributed by atoms with E-state index in [2.05, 4.69) is 10.6 Å². The number of anilines is 1. The average molecular weight is 296 g/mol. The number of rotatable bonds is 4. The van der Waals surface area contributed by atoms with Gasteiger partial charge >= 0.3 is 0 Å². The third-order valence-electron chi connectivity index (χ3n) is 3.78. The van der Waals surface area contributed by atoms with Gasteiger partial charge < -0.3 is 15.4 Å². The molecule has 0 bridgehead atoms. The molecule has 1 atom stereocenters. The first-order valence-electron chi connectivity index (χ1n) is 7.66. The van der Waals surface area contributed by atoms with Crippen molar-refractivity contribution in [3.63, 3.8) is 0 Å². The van der Waals surface area contributed by atoms with Crippen molar-refractivity contribution in [3.05, 3.63) is 54.6 Å². The summed E-state index contributed by atoms with van der Waals surface area (Å²) in [7, 11) is 0. The molecule has 0 aliphatic carbocycles. The molecule has 0 spiro atoms. The Labute approximate surface area is 130 Å². The van der Waals surface area contributed by atoms with Gasteiger partial charge in [-0.25, -0.2) is 0 Å². The number of piperidine rings is 1. The third kappa shape index (κ3) is 3.65. The van der Waals surface area contributed by atoms with Crippen LogP contribution < -0.4 is 15.4 Å². The van der Waals surface area contributed by atoms with Gasteiger partial charge in [0.2, 0.25) is 5.91 Å². The number of benzene rings is 2. The number of para-hydroxylation sites is 3. The van der Waals surface area contributed by atoms with E-state index in [9.17, 15) is 4.79 Å². The maximum Gasteiger partial charge on any atom is 0.228 e. The van der Waals surface area contributed by atoms with Gasteiger partial charge in [0.15, 0.2) is 5.75 Å². The molecule has 22 heavy (non-hydrogen) atoms. The molecule has 1 amide bonds. The quantitative estimate of drug-likeness (QED) is 0.909. The third-order valence-corrected chi connectivity index (χ3v) is 3.78. The summed E-state index contributed by atoms with van der Waals surface area (Å²) in [6.45, 7) is 1.74. The minimum absolute atomic E-state index is 0.0264. The highest BCUT2D eigenvalue weighted by atomic mass is 16.5. The second-order valence-electron chi connectivity index (χ2n) is 5.44. The molecular weight excluding hydrogens is 276 g/mol. The van der Waals surface area contributed by atoms with E-state index in [1.165, 1.54) is 0 Å². The van der Waals surface area contributed by atoms with E-state index in [1.54, 1.807) is 0 Å². The van der Waals surface area contributed by atoms with Gasteiger partial charge in [0.1, 0.15) is 5.75 Å². The zero-order chi connectivity index (χ0) is 15.2. The minimum atomic E-state index is 0.0264. The number of carbonyl (C=O) groups is 1. The lowest BCUT2D eigenvalue weighted by atomic mass is 9.99. The van der Waals surface area contributed by atoms with E-state index in [0.717, 1.165) is 31.7 Å². The van der Waals surface area contributed by atoms with Gasteiger partial charge in [0.25, 0.3) is 0 Å². The normalized spacial score (nSPS) is 17.7. The SMILES string of the molecule is O=C(Nc1ccccc1Oc1ccccc1)[C@@H]1CCCNC1. The molecule has 4 nitrogen and oxygen atoms in total. The van der Waals surface area contributed by atoms with E-state index < -0.39 is 0 Å². The van der Waals surface area contributed by atoms with Crippen molar-refractivity contribution < 1.29 is 9.53 Å². The van der Waals surface area contributed by atoms with Crippen LogP contribution in [0.4, 0.5) is 5.69 Å². The molecule has 114 valence electrons. The van der Waals surface area contributed by atoms with E-state index in [0.29, 0.717) is 11.4 Å². The van der Waals surface area contributed by atoms with Crippen LogP contribution in [0.25, 0.3) is 0 Å². The van der Waals surface area contributed by atoms with Gasteiger partial charge in [0, 0.05) is 6.54 Å². The van der Waals surface area contributed by atoms with Crippen LogP contribution in [0.2, 0.25) is 0 Å². The topological polar surface area (TPSA) is 50.4 Å². The van der Waals surface area contributed by atoms with E-state index in [-0.39, 0.29) is 11.8 Å². The lowest BCUT2D eigenvalue weighted by molar-refractivity contribution is -0.120. The highest BCUT2D eigenvalue weighted by Crippen LogP contribution is 2.29. The van der Waals surface area contributed by atoms with Crippen LogP contribution in [0.15, 0.2) is 54.6 Å². The number of ether oxygens (including phenoxy) is 1. The Bertz CT molecular complexity index is 622. The van der Waals surface area contributed by atoms with Crippen LogP contribution in [-0.4, -0.2) is 19.0 Å². The van der Waals surface area contributed by atoms with Crippen LogP contribution in [0, 0.1) is 5.92 Å². The molecule has 0 unspecified atom stereocenters. The van der Waals surface area contributed by atoms with Crippen LogP contribution in [-0.2, 0) is 4.79 Å². The molecule has 1 aliphatic rings. The van der Waals surface area contributed by atoms with Crippen LogP contribution in [0.3, 0.4) is 0 Å². The average Bonchev–Trinajstić information content (AvgIpc) is 2.58. The summed E-state index contributed by atoms with van der Waals surface area (Å²) in [5.41, 5.74) is 0.710. The molecule has 1 saturated heterocycles.